The van der Waals surface area contributed by atoms with Crippen LogP contribution in [0.15, 0.2) is 0 Å². The van der Waals surface area contributed by atoms with Gasteiger partial charge in [-0.05, 0) is 33.6 Å². The van der Waals surface area contributed by atoms with Gasteiger partial charge in [-0.2, -0.15) is 0 Å². The Morgan fingerprint density at radius 2 is 0.962 bits per heavy atom. The standard InChI is InChI=1S/C28H52N2O7.C14H30.C2H6/c1-5-6-7-8-9-10-11-12-13-14-15-18-26(33)36-23-21-30(20-22-35-24-31)25(32)17-16-19-29-27(34)37-28(2,3)4;1-3-5-7-9-11-13-14-12-10-8-6-4-2;1-2/h24H,5-23H2,1-4H3,(H,29,34);3-14H2,1-2H3;1-2H3. The van der Waals surface area contributed by atoms with E-state index in [0.29, 0.717) is 25.9 Å². The van der Waals surface area contributed by atoms with E-state index in [2.05, 4.69) is 26.1 Å². The third kappa shape index (κ3) is 47.7. The molecular weight excluding hydrogens is 668 g/mol. The Bertz CT molecular complexity index is 789. The average Bonchev–Trinajstić information content (AvgIpc) is 3.13. The predicted octanol–water partition coefficient (Wildman–Crippen LogP) is 12.3. The van der Waals surface area contributed by atoms with Gasteiger partial charge in [0.15, 0.2) is 0 Å². The van der Waals surface area contributed by atoms with Crippen molar-refractivity contribution in [1.29, 1.82) is 0 Å². The number of alkyl carbamates (subject to hydrolysis) is 1. The first kappa shape index (κ1) is 55.0. The van der Waals surface area contributed by atoms with E-state index in [1.165, 1.54) is 133 Å². The van der Waals surface area contributed by atoms with Crippen LogP contribution in [-0.4, -0.2) is 67.8 Å². The van der Waals surface area contributed by atoms with Gasteiger partial charge in [-0.15, -0.1) is 0 Å². The Morgan fingerprint density at radius 1 is 0.566 bits per heavy atom. The maximum atomic E-state index is 12.6. The lowest BCUT2D eigenvalue weighted by Crippen LogP contribution is -2.37. The molecule has 0 bridgehead atoms. The summed E-state index contributed by atoms with van der Waals surface area (Å²) in [6.45, 7) is 17.4. The highest BCUT2D eigenvalue weighted by Crippen LogP contribution is 2.13. The molecule has 9 heteroatoms. The van der Waals surface area contributed by atoms with E-state index in [9.17, 15) is 19.2 Å². The number of nitrogens with one attached hydrogen (secondary N) is 1. The third-order valence-electron chi connectivity index (χ3n) is 8.70. The summed E-state index contributed by atoms with van der Waals surface area (Å²) in [7, 11) is 0. The van der Waals surface area contributed by atoms with E-state index in [1.807, 2.05) is 13.8 Å². The van der Waals surface area contributed by atoms with Crippen molar-refractivity contribution in [3.8, 4) is 0 Å². The summed E-state index contributed by atoms with van der Waals surface area (Å²) in [5.74, 6) is -0.420. The Morgan fingerprint density at radius 3 is 1.36 bits per heavy atom. The van der Waals surface area contributed by atoms with E-state index in [1.54, 1.807) is 20.8 Å². The number of rotatable bonds is 34. The minimum Gasteiger partial charge on any atom is -0.466 e. The summed E-state index contributed by atoms with van der Waals surface area (Å²) in [5.41, 5.74) is -0.583. The second-order valence-corrected chi connectivity index (χ2v) is 14.9. The molecular formula is C44H88N2O7. The van der Waals surface area contributed by atoms with Crippen LogP contribution in [0.2, 0.25) is 0 Å². The third-order valence-corrected chi connectivity index (χ3v) is 8.70. The van der Waals surface area contributed by atoms with Crippen LogP contribution in [-0.2, 0) is 28.6 Å². The van der Waals surface area contributed by atoms with Crippen LogP contribution in [0.5, 0.6) is 0 Å². The van der Waals surface area contributed by atoms with Gasteiger partial charge in [0.2, 0.25) is 5.91 Å². The van der Waals surface area contributed by atoms with Crippen LogP contribution in [0.1, 0.15) is 222 Å². The zero-order valence-corrected chi connectivity index (χ0v) is 36.3. The quantitative estimate of drug-likeness (QED) is 0.0301. The molecule has 9 nitrogen and oxygen atoms in total. The van der Waals surface area contributed by atoms with Gasteiger partial charge in [0.1, 0.15) is 18.8 Å². The van der Waals surface area contributed by atoms with Crippen LogP contribution >= 0.6 is 0 Å². The second kappa shape index (κ2) is 44.1. The van der Waals surface area contributed by atoms with Crippen LogP contribution in [0.25, 0.3) is 0 Å². The van der Waals surface area contributed by atoms with Crippen molar-refractivity contribution in [2.75, 3.05) is 32.8 Å². The van der Waals surface area contributed by atoms with Gasteiger partial charge in [0, 0.05) is 19.4 Å². The summed E-state index contributed by atoms with van der Waals surface area (Å²) in [4.78, 5) is 48.2. The molecule has 0 aliphatic carbocycles. The lowest BCUT2D eigenvalue weighted by molar-refractivity contribution is -0.146. The molecule has 0 saturated heterocycles. The van der Waals surface area contributed by atoms with Gasteiger partial charge in [-0.3, -0.25) is 14.4 Å². The van der Waals surface area contributed by atoms with Crippen molar-refractivity contribution >= 4 is 24.4 Å². The predicted molar refractivity (Wildman–Crippen MR) is 222 cm³/mol. The zero-order chi connectivity index (χ0) is 40.3. The van der Waals surface area contributed by atoms with E-state index < -0.39 is 11.7 Å². The molecule has 53 heavy (non-hydrogen) atoms. The summed E-state index contributed by atoms with van der Waals surface area (Å²) < 4.78 is 15.2. The first-order valence-electron chi connectivity index (χ1n) is 22.1. The number of hydrogen-bond acceptors (Lipinski definition) is 7. The molecule has 0 aromatic carbocycles. The molecule has 0 aromatic rings. The van der Waals surface area contributed by atoms with Crippen molar-refractivity contribution in [2.24, 2.45) is 0 Å². The maximum Gasteiger partial charge on any atom is 0.407 e. The molecule has 2 amide bonds. The van der Waals surface area contributed by atoms with Crippen molar-refractivity contribution in [3.63, 3.8) is 0 Å². The molecule has 0 heterocycles. The summed E-state index contributed by atoms with van der Waals surface area (Å²) in [6, 6.07) is 0. The molecule has 316 valence electrons. The summed E-state index contributed by atoms with van der Waals surface area (Å²) >= 11 is 0. The molecule has 0 unspecified atom stereocenters. The number of carbonyl (C=O) groups excluding carboxylic acids is 4. The smallest absolute Gasteiger partial charge is 0.407 e. The number of unbranched alkanes of at least 4 members (excludes halogenated alkanes) is 21. The minimum atomic E-state index is -0.583. The van der Waals surface area contributed by atoms with Crippen LogP contribution in [0.4, 0.5) is 4.79 Å². The topological polar surface area (TPSA) is 111 Å². The molecule has 0 spiro atoms. The highest BCUT2D eigenvalue weighted by Gasteiger charge is 2.17. The largest absolute Gasteiger partial charge is 0.466 e. The van der Waals surface area contributed by atoms with Crippen LogP contribution < -0.4 is 5.32 Å². The fraction of sp³-hybridized carbons (Fsp3) is 0.909. The summed E-state index contributed by atoms with van der Waals surface area (Å²) in [6.07, 6.45) is 31.3. The number of nitrogens with zero attached hydrogens (tertiary/aromatic N) is 1. The lowest BCUT2D eigenvalue weighted by atomic mass is 10.1. The second-order valence-electron chi connectivity index (χ2n) is 14.9. The number of hydrogen-bond donors (Lipinski definition) is 1. The molecule has 1 N–H and O–H groups in total. The minimum absolute atomic E-state index is 0.0675. The van der Waals surface area contributed by atoms with Gasteiger partial charge >= 0.3 is 12.1 Å². The van der Waals surface area contributed by atoms with Crippen molar-refractivity contribution in [1.82, 2.24) is 10.2 Å². The van der Waals surface area contributed by atoms with Gasteiger partial charge in [0.25, 0.3) is 6.47 Å². The SMILES string of the molecule is CC.CCCCCCCCCCCCCC.CCCCCCCCCCCCCC(=O)OCCN(CCOC=O)C(=O)CCCNC(=O)OC(C)(C)C. The number of carbonyl (C=O) groups is 4. The highest BCUT2D eigenvalue weighted by molar-refractivity contribution is 5.76. The van der Waals surface area contributed by atoms with Crippen molar-refractivity contribution in [3.05, 3.63) is 0 Å². The molecule has 0 aliphatic heterocycles. The molecule has 0 radical (unpaired) electrons. The van der Waals surface area contributed by atoms with Crippen LogP contribution in [0, 0.1) is 0 Å². The number of esters is 1. The Balaban J connectivity index is -0.00000130. The molecule has 0 atom stereocenters. The van der Waals surface area contributed by atoms with Gasteiger partial charge in [-0.25, -0.2) is 4.79 Å². The first-order chi connectivity index (χ1) is 25.6. The molecule has 0 saturated carbocycles. The number of ether oxygens (including phenoxy) is 3. The Kier molecular flexibility index (Phi) is 45.8. The highest BCUT2D eigenvalue weighted by atomic mass is 16.6. The molecule has 0 aliphatic rings. The van der Waals surface area contributed by atoms with Crippen LogP contribution in [0.3, 0.4) is 0 Å². The number of amides is 2. The monoisotopic (exact) mass is 757 g/mol. The van der Waals surface area contributed by atoms with Crippen molar-refractivity contribution in [2.45, 2.75) is 228 Å². The molecule has 0 aromatic heterocycles. The van der Waals surface area contributed by atoms with E-state index in [4.69, 9.17) is 14.2 Å². The average molecular weight is 757 g/mol. The fourth-order valence-corrected chi connectivity index (χ4v) is 5.66. The summed E-state index contributed by atoms with van der Waals surface area (Å²) in [5, 5.41) is 2.62. The fourth-order valence-electron chi connectivity index (χ4n) is 5.66. The van der Waals surface area contributed by atoms with Crippen molar-refractivity contribution < 1.29 is 33.4 Å². The molecule has 0 fully saturated rings. The van der Waals surface area contributed by atoms with E-state index in [0.717, 1.165) is 19.3 Å². The Hall–Kier alpha value is -2.32. The van der Waals surface area contributed by atoms with Gasteiger partial charge in [-0.1, -0.05) is 176 Å². The van der Waals surface area contributed by atoms with E-state index >= 15 is 0 Å². The first-order valence-corrected chi connectivity index (χ1v) is 22.1. The lowest BCUT2D eigenvalue weighted by Gasteiger charge is -2.22. The Labute approximate surface area is 328 Å². The van der Waals surface area contributed by atoms with E-state index in [-0.39, 0.29) is 44.6 Å². The van der Waals surface area contributed by atoms with Gasteiger partial charge in [0.05, 0.1) is 13.1 Å². The normalized spacial score (nSPS) is 10.6. The van der Waals surface area contributed by atoms with Gasteiger partial charge < -0.3 is 24.4 Å². The maximum absolute atomic E-state index is 12.6. The molecule has 0 rings (SSSR count). The zero-order valence-electron chi connectivity index (χ0n) is 36.3.